The van der Waals surface area contributed by atoms with E-state index < -0.39 is 0 Å². The van der Waals surface area contributed by atoms with Gasteiger partial charge < -0.3 is 5.73 Å². The minimum Gasteiger partial charge on any atom is -0.320 e. The maximum Gasteiger partial charge on any atom is 0.0598 e. The summed E-state index contributed by atoms with van der Waals surface area (Å²) in [5, 5.41) is 4.09. The largest absolute Gasteiger partial charge is 0.320 e. The van der Waals surface area contributed by atoms with Gasteiger partial charge in [-0.05, 0) is 27.6 Å². The monoisotopic (exact) mass is 266 g/mol. The maximum absolute atomic E-state index is 6.08. The Morgan fingerprint density at radius 2 is 2.13 bits per heavy atom. The number of nitrogens with two attached hydrogens (primary N) is 1. The van der Waals surface area contributed by atoms with Crippen molar-refractivity contribution in [3.8, 4) is 0 Å². The number of pyridine rings is 1. The first-order valence-electron chi connectivity index (χ1n) is 4.51. The predicted molar refractivity (Wildman–Crippen MR) is 61.2 cm³/mol. The normalized spacial score (nSPS) is 12.7. The Labute approximate surface area is 96.3 Å². The standard InChI is InChI=1S/C10H11BrN4/c1-15-6-8(4-14-15)10(12)7-2-9(11)5-13-3-7/h2-6,10H,12H2,1H3. The van der Waals surface area contributed by atoms with E-state index in [2.05, 4.69) is 26.0 Å². The highest BCUT2D eigenvalue weighted by atomic mass is 79.9. The molecule has 0 aliphatic heterocycles. The van der Waals surface area contributed by atoms with Gasteiger partial charge in [-0.3, -0.25) is 9.67 Å². The molecule has 2 heterocycles. The molecule has 0 bridgehead atoms. The van der Waals surface area contributed by atoms with Crippen molar-refractivity contribution in [1.82, 2.24) is 14.8 Å². The zero-order chi connectivity index (χ0) is 10.8. The summed E-state index contributed by atoms with van der Waals surface area (Å²) < 4.78 is 2.67. The number of nitrogens with zero attached hydrogens (tertiary/aromatic N) is 3. The van der Waals surface area contributed by atoms with E-state index in [0.29, 0.717) is 0 Å². The first-order valence-corrected chi connectivity index (χ1v) is 5.30. The molecule has 0 radical (unpaired) electrons. The average Bonchev–Trinajstić information content (AvgIpc) is 2.64. The van der Waals surface area contributed by atoms with Crippen LogP contribution < -0.4 is 5.73 Å². The third-order valence-corrected chi connectivity index (χ3v) is 2.60. The second kappa shape index (κ2) is 4.12. The molecule has 0 amide bonds. The Bertz CT molecular complexity index is 466. The van der Waals surface area contributed by atoms with Crippen LogP contribution in [0.15, 0.2) is 35.3 Å². The molecule has 2 N–H and O–H groups in total. The lowest BCUT2D eigenvalue weighted by Crippen LogP contribution is -2.11. The van der Waals surface area contributed by atoms with Crippen LogP contribution in [0, 0.1) is 0 Å². The lowest BCUT2D eigenvalue weighted by molar-refractivity contribution is 0.765. The van der Waals surface area contributed by atoms with Gasteiger partial charge in [0.05, 0.1) is 12.2 Å². The van der Waals surface area contributed by atoms with Crippen LogP contribution in [0.5, 0.6) is 0 Å². The second-order valence-corrected chi connectivity index (χ2v) is 4.28. The SMILES string of the molecule is Cn1cc(C(N)c2cncc(Br)c2)cn1. The molecule has 0 aliphatic carbocycles. The minimum atomic E-state index is -0.177. The molecule has 1 atom stereocenters. The topological polar surface area (TPSA) is 56.7 Å². The number of hydrogen-bond donors (Lipinski definition) is 1. The Hall–Kier alpha value is -1.20. The molecular formula is C10H11BrN4. The zero-order valence-electron chi connectivity index (χ0n) is 8.26. The van der Waals surface area contributed by atoms with Gasteiger partial charge in [-0.25, -0.2) is 0 Å². The molecule has 15 heavy (non-hydrogen) atoms. The lowest BCUT2D eigenvalue weighted by atomic mass is 10.1. The smallest absolute Gasteiger partial charge is 0.0598 e. The summed E-state index contributed by atoms with van der Waals surface area (Å²) in [5.41, 5.74) is 8.04. The number of aryl methyl sites for hydroxylation is 1. The quantitative estimate of drug-likeness (QED) is 0.899. The molecule has 2 aromatic heterocycles. The summed E-state index contributed by atoms with van der Waals surface area (Å²) in [4.78, 5) is 4.08. The Balaban J connectivity index is 2.32. The summed E-state index contributed by atoms with van der Waals surface area (Å²) >= 11 is 3.37. The van der Waals surface area contributed by atoms with Crippen LogP contribution in [-0.2, 0) is 7.05 Å². The van der Waals surface area contributed by atoms with Crippen molar-refractivity contribution in [3.63, 3.8) is 0 Å². The molecule has 0 aromatic carbocycles. The first-order chi connectivity index (χ1) is 7.16. The van der Waals surface area contributed by atoms with Gasteiger partial charge in [0.2, 0.25) is 0 Å². The molecule has 2 aromatic rings. The van der Waals surface area contributed by atoms with E-state index in [4.69, 9.17) is 5.73 Å². The molecule has 5 heteroatoms. The minimum absolute atomic E-state index is 0.177. The van der Waals surface area contributed by atoms with Crippen molar-refractivity contribution < 1.29 is 0 Å². The summed E-state index contributed by atoms with van der Waals surface area (Å²) in [6.45, 7) is 0. The molecule has 2 rings (SSSR count). The third-order valence-electron chi connectivity index (χ3n) is 2.17. The van der Waals surface area contributed by atoms with Crippen LogP contribution >= 0.6 is 15.9 Å². The van der Waals surface area contributed by atoms with Gasteiger partial charge in [0, 0.05) is 35.7 Å². The molecule has 4 nitrogen and oxygen atoms in total. The van der Waals surface area contributed by atoms with Crippen molar-refractivity contribution >= 4 is 15.9 Å². The summed E-state index contributed by atoms with van der Waals surface area (Å²) in [6, 6.07) is 1.79. The predicted octanol–water partition coefficient (Wildman–Crippen LogP) is 1.63. The van der Waals surface area contributed by atoms with E-state index in [1.807, 2.05) is 19.3 Å². The van der Waals surface area contributed by atoms with Crippen LogP contribution in [-0.4, -0.2) is 14.8 Å². The molecule has 1 unspecified atom stereocenters. The molecule has 0 fully saturated rings. The van der Waals surface area contributed by atoms with Crippen LogP contribution in [0.4, 0.5) is 0 Å². The third kappa shape index (κ3) is 2.24. The van der Waals surface area contributed by atoms with Gasteiger partial charge in [0.25, 0.3) is 0 Å². The summed E-state index contributed by atoms with van der Waals surface area (Å²) in [6.07, 6.45) is 7.18. The van der Waals surface area contributed by atoms with Gasteiger partial charge in [-0.15, -0.1) is 0 Å². The highest BCUT2D eigenvalue weighted by molar-refractivity contribution is 9.10. The fraction of sp³-hybridized carbons (Fsp3) is 0.200. The fourth-order valence-corrected chi connectivity index (χ4v) is 1.77. The van der Waals surface area contributed by atoms with Crippen LogP contribution in [0.3, 0.4) is 0 Å². The van der Waals surface area contributed by atoms with Crippen LogP contribution in [0.2, 0.25) is 0 Å². The van der Waals surface area contributed by atoms with E-state index in [-0.39, 0.29) is 6.04 Å². The van der Waals surface area contributed by atoms with E-state index in [0.717, 1.165) is 15.6 Å². The van der Waals surface area contributed by atoms with E-state index >= 15 is 0 Å². The van der Waals surface area contributed by atoms with E-state index in [1.54, 1.807) is 23.3 Å². The van der Waals surface area contributed by atoms with Gasteiger partial charge in [0.1, 0.15) is 0 Å². The highest BCUT2D eigenvalue weighted by Gasteiger charge is 2.11. The molecule has 0 saturated carbocycles. The van der Waals surface area contributed by atoms with Crippen molar-refractivity contribution in [2.45, 2.75) is 6.04 Å². The Kier molecular flexibility index (Phi) is 2.83. The Morgan fingerprint density at radius 1 is 1.33 bits per heavy atom. The van der Waals surface area contributed by atoms with Crippen molar-refractivity contribution in [1.29, 1.82) is 0 Å². The average molecular weight is 267 g/mol. The van der Waals surface area contributed by atoms with E-state index in [9.17, 15) is 0 Å². The van der Waals surface area contributed by atoms with Crippen molar-refractivity contribution in [2.75, 3.05) is 0 Å². The van der Waals surface area contributed by atoms with Crippen LogP contribution in [0.25, 0.3) is 0 Å². The number of rotatable bonds is 2. The highest BCUT2D eigenvalue weighted by Crippen LogP contribution is 2.20. The number of aromatic nitrogens is 3. The molecule has 78 valence electrons. The second-order valence-electron chi connectivity index (χ2n) is 3.36. The number of halogens is 1. The number of hydrogen-bond acceptors (Lipinski definition) is 3. The van der Waals surface area contributed by atoms with Gasteiger partial charge in [0.15, 0.2) is 0 Å². The van der Waals surface area contributed by atoms with Crippen LogP contribution in [0.1, 0.15) is 17.2 Å². The van der Waals surface area contributed by atoms with Crippen molar-refractivity contribution in [3.05, 3.63) is 46.5 Å². The van der Waals surface area contributed by atoms with Gasteiger partial charge in [-0.1, -0.05) is 0 Å². The molecule has 0 saturated heterocycles. The zero-order valence-corrected chi connectivity index (χ0v) is 9.85. The van der Waals surface area contributed by atoms with E-state index in [1.165, 1.54) is 0 Å². The lowest BCUT2D eigenvalue weighted by Gasteiger charge is -2.09. The van der Waals surface area contributed by atoms with Crippen molar-refractivity contribution in [2.24, 2.45) is 12.8 Å². The Morgan fingerprint density at radius 3 is 2.73 bits per heavy atom. The van der Waals surface area contributed by atoms with Gasteiger partial charge in [-0.2, -0.15) is 5.10 Å². The van der Waals surface area contributed by atoms with Gasteiger partial charge >= 0.3 is 0 Å². The summed E-state index contributed by atoms with van der Waals surface area (Å²) in [7, 11) is 1.87. The fourth-order valence-electron chi connectivity index (χ4n) is 1.39. The molecule has 0 spiro atoms. The molecular weight excluding hydrogens is 256 g/mol. The first kappa shape index (κ1) is 10.3. The molecule has 0 aliphatic rings. The maximum atomic E-state index is 6.08. The summed E-state index contributed by atoms with van der Waals surface area (Å²) in [5.74, 6) is 0.